The summed E-state index contributed by atoms with van der Waals surface area (Å²) in [5.74, 6) is -0.940. The first kappa shape index (κ1) is 16.4. The molecule has 1 rings (SSSR count). The van der Waals surface area contributed by atoms with Crippen molar-refractivity contribution in [3.63, 3.8) is 0 Å². The molecule has 0 fully saturated rings. The van der Waals surface area contributed by atoms with Gasteiger partial charge in [-0.15, -0.1) is 0 Å². The number of oxime groups is 1. The third-order valence-electron chi connectivity index (χ3n) is 2.66. The minimum atomic E-state index is -3.09. The monoisotopic (exact) mass is 303 g/mol. The van der Waals surface area contributed by atoms with Gasteiger partial charge in [0.05, 0.1) is 11.3 Å². The number of nitrogens with zero attached hydrogens (tertiary/aromatic N) is 1. The fraction of sp³-hybridized carbons (Fsp3) is 0.417. The molecule has 0 saturated heterocycles. The van der Waals surface area contributed by atoms with E-state index in [1.807, 2.05) is 0 Å². The van der Waals surface area contributed by atoms with E-state index in [4.69, 9.17) is 10.9 Å². The van der Waals surface area contributed by atoms with Crippen molar-refractivity contribution in [1.82, 2.24) is 5.32 Å². The van der Waals surface area contributed by atoms with E-state index in [9.17, 15) is 12.8 Å². The maximum absolute atomic E-state index is 14.1. The van der Waals surface area contributed by atoms with E-state index in [0.29, 0.717) is 5.56 Å². The van der Waals surface area contributed by atoms with Crippen molar-refractivity contribution in [1.29, 1.82) is 0 Å². The van der Waals surface area contributed by atoms with Gasteiger partial charge in [-0.2, -0.15) is 0 Å². The molecule has 0 spiro atoms. The van der Waals surface area contributed by atoms with Crippen LogP contribution in [-0.4, -0.2) is 37.5 Å². The van der Waals surface area contributed by atoms with Crippen LogP contribution in [0.15, 0.2) is 23.4 Å². The van der Waals surface area contributed by atoms with E-state index in [1.165, 1.54) is 6.07 Å². The second kappa shape index (κ2) is 6.67. The number of benzene rings is 1. The number of sulfone groups is 1. The van der Waals surface area contributed by atoms with Crippen LogP contribution in [0.3, 0.4) is 0 Å². The molecule has 6 nitrogen and oxygen atoms in total. The molecule has 0 aliphatic carbocycles. The van der Waals surface area contributed by atoms with Gasteiger partial charge in [0.2, 0.25) is 0 Å². The van der Waals surface area contributed by atoms with Crippen molar-refractivity contribution in [2.75, 3.05) is 12.0 Å². The molecule has 0 saturated carbocycles. The van der Waals surface area contributed by atoms with Crippen molar-refractivity contribution < 1.29 is 18.0 Å². The first-order valence-electron chi connectivity index (χ1n) is 5.91. The highest BCUT2D eigenvalue weighted by atomic mass is 32.2. The number of halogens is 1. The Kier molecular flexibility index (Phi) is 5.46. The van der Waals surface area contributed by atoms with Gasteiger partial charge in [-0.3, -0.25) is 0 Å². The number of amidine groups is 1. The molecular weight excluding hydrogens is 285 g/mol. The second-order valence-electron chi connectivity index (χ2n) is 4.64. The SMILES string of the molecule is CC(CS(C)(=O)=O)NCc1cccc(/C(N)=N/O)c1F. The maximum Gasteiger partial charge on any atom is 0.173 e. The Bertz CT molecular complexity index is 602. The molecular formula is C12H18FN3O3S. The van der Waals surface area contributed by atoms with Gasteiger partial charge in [0, 0.05) is 24.4 Å². The smallest absolute Gasteiger partial charge is 0.173 e. The largest absolute Gasteiger partial charge is 0.409 e. The highest BCUT2D eigenvalue weighted by Gasteiger charge is 2.14. The highest BCUT2D eigenvalue weighted by Crippen LogP contribution is 2.13. The van der Waals surface area contributed by atoms with E-state index in [0.717, 1.165) is 6.26 Å². The number of hydrogen-bond donors (Lipinski definition) is 3. The Hall–Kier alpha value is -1.67. The zero-order valence-corrected chi connectivity index (χ0v) is 12.1. The van der Waals surface area contributed by atoms with Gasteiger partial charge in [-0.1, -0.05) is 17.3 Å². The lowest BCUT2D eigenvalue weighted by Gasteiger charge is -2.14. The topological polar surface area (TPSA) is 105 Å². The second-order valence-corrected chi connectivity index (χ2v) is 6.82. The molecule has 112 valence electrons. The third-order valence-corrected chi connectivity index (χ3v) is 3.76. The molecule has 8 heteroatoms. The predicted molar refractivity (Wildman–Crippen MR) is 74.9 cm³/mol. The summed E-state index contributed by atoms with van der Waals surface area (Å²) in [6.07, 6.45) is 1.14. The van der Waals surface area contributed by atoms with Crippen molar-refractivity contribution >= 4 is 15.7 Å². The van der Waals surface area contributed by atoms with Crippen LogP contribution in [0.25, 0.3) is 0 Å². The van der Waals surface area contributed by atoms with Crippen LogP contribution < -0.4 is 11.1 Å². The Labute approximate surface area is 117 Å². The summed E-state index contributed by atoms with van der Waals surface area (Å²) < 4.78 is 36.3. The van der Waals surface area contributed by atoms with Crippen LogP contribution in [0.2, 0.25) is 0 Å². The molecule has 20 heavy (non-hydrogen) atoms. The molecule has 1 atom stereocenters. The maximum atomic E-state index is 14.1. The average Bonchev–Trinajstić information content (AvgIpc) is 2.34. The number of hydrogen-bond acceptors (Lipinski definition) is 5. The number of rotatable bonds is 6. The minimum absolute atomic E-state index is 0.00238. The zero-order valence-electron chi connectivity index (χ0n) is 11.3. The van der Waals surface area contributed by atoms with Crippen LogP contribution in [0.4, 0.5) is 4.39 Å². The van der Waals surface area contributed by atoms with E-state index >= 15 is 0 Å². The molecule has 1 aromatic carbocycles. The number of nitrogens with one attached hydrogen (secondary N) is 1. The van der Waals surface area contributed by atoms with Crippen molar-refractivity contribution in [3.8, 4) is 0 Å². The van der Waals surface area contributed by atoms with Gasteiger partial charge in [0.15, 0.2) is 5.84 Å². The molecule has 0 heterocycles. The van der Waals surface area contributed by atoms with Crippen molar-refractivity contribution in [3.05, 3.63) is 35.1 Å². The van der Waals surface area contributed by atoms with Crippen LogP contribution in [0.1, 0.15) is 18.1 Å². The van der Waals surface area contributed by atoms with E-state index in [1.54, 1.807) is 19.1 Å². The summed E-state index contributed by atoms with van der Waals surface area (Å²) >= 11 is 0. The number of nitrogens with two attached hydrogens (primary N) is 1. The van der Waals surface area contributed by atoms with Crippen molar-refractivity contribution in [2.24, 2.45) is 10.9 Å². The Morgan fingerprint density at radius 3 is 2.75 bits per heavy atom. The zero-order chi connectivity index (χ0) is 15.3. The lowest BCUT2D eigenvalue weighted by atomic mass is 10.1. The fourth-order valence-electron chi connectivity index (χ4n) is 1.77. The van der Waals surface area contributed by atoms with E-state index in [-0.39, 0.29) is 29.7 Å². The Balaban J connectivity index is 2.79. The van der Waals surface area contributed by atoms with Gasteiger partial charge < -0.3 is 16.3 Å². The summed E-state index contributed by atoms with van der Waals surface area (Å²) in [4.78, 5) is 0. The molecule has 1 aromatic rings. The van der Waals surface area contributed by atoms with Crippen LogP contribution in [-0.2, 0) is 16.4 Å². The van der Waals surface area contributed by atoms with Crippen LogP contribution >= 0.6 is 0 Å². The normalized spacial score (nSPS) is 14.2. The molecule has 0 radical (unpaired) electrons. The Morgan fingerprint density at radius 2 is 2.20 bits per heavy atom. The van der Waals surface area contributed by atoms with Crippen LogP contribution in [0, 0.1) is 5.82 Å². The summed E-state index contributed by atoms with van der Waals surface area (Å²) in [6.45, 7) is 1.85. The molecule has 0 aliphatic heterocycles. The Morgan fingerprint density at radius 1 is 1.55 bits per heavy atom. The molecule has 0 bridgehead atoms. The summed E-state index contributed by atoms with van der Waals surface area (Å²) in [5, 5.41) is 14.2. The summed E-state index contributed by atoms with van der Waals surface area (Å²) in [5.41, 5.74) is 5.68. The summed E-state index contributed by atoms with van der Waals surface area (Å²) in [6, 6.07) is 4.21. The standard InChI is InChI=1S/C12H18FN3O3S/c1-8(7-20(2,18)19)15-6-9-4-3-5-10(11(9)13)12(14)16-17/h3-5,8,15,17H,6-7H2,1-2H3,(H2,14,16). The van der Waals surface area contributed by atoms with E-state index < -0.39 is 15.7 Å². The molecule has 0 amide bonds. The quantitative estimate of drug-likeness (QED) is 0.306. The van der Waals surface area contributed by atoms with Gasteiger partial charge >= 0.3 is 0 Å². The van der Waals surface area contributed by atoms with Crippen molar-refractivity contribution in [2.45, 2.75) is 19.5 Å². The van der Waals surface area contributed by atoms with Gasteiger partial charge in [0.1, 0.15) is 15.7 Å². The van der Waals surface area contributed by atoms with Gasteiger partial charge in [0.25, 0.3) is 0 Å². The molecule has 4 N–H and O–H groups in total. The highest BCUT2D eigenvalue weighted by molar-refractivity contribution is 7.90. The summed E-state index contributed by atoms with van der Waals surface area (Å²) in [7, 11) is -3.09. The van der Waals surface area contributed by atoms with E-state index in [2.05, 4.69) is 10.5 Å². The van der Waals surface area contributed by atoms with Gasteiger partial charge in [-0.05, 0) is 13.0 Å². The lowest BCUT2D eigenvalue weighted by molar-refractivity contribution is 0.318. The van der Waals surface area contributed by atoms with Gasteiger partial charge in [-0.25, -0.2) is 12.8 Å². The first-order chi connectivity index (χ1) is 9.24. The third kappa shape index (κ3) is 4.78. The minimum Gasteiger partial charge on any atom is -0.409 e. The predicted octanol–water partition coefficient (Wildman–Crippen LogP) is 0.443. The van der Waals surface area contributed by atoms with Crippen LogP contribution in [0.5, 0.6) is 0 Å². The molecule has 0 aromatic heterocycles. The fourth-order valence-corrected chi connectivity index (χ4v) is 2.79. The molecule has 1 unspecified atom stereocenters. The first-order valence-corrected chi connectivity index (χ1v) is 7.97. The average molecular weight is 303 g/mol. The lowest BCUT2D eigenvalue weighted by Crippen LogP contribution is -2.32. The molecule has 0 aliphatic rings.